The lowest BCUT2D eigenvalue weighted by atomic mass is 9.96. The average Bonchev–Trinajstić information content (AvgIpc) is 2.38. The number of allylic oxidation sites excluding steroid dienone is 8. The van der Waals surface area contributed by atoms with Crippen LogP contribution in [0.3, 0.4) is 0 Å². The second-order valence-corrected chi connectivity index (χ2v) is 5.83. The van der Waals surface area contributed by atoms with E-state index in [1.54, 1.807) is 13.8 Å². The molecule has 0 spiro atoms. The van der Waals surface area contributed by atoms with Gasteiger partial charge in [0.1, 0.15) is 5.67 Å². The van der Waals surface area contributed by atoms with Gasteiger partial charge < -0.3 is 0 Å². The topological polar surface area (TPSA) is 0 Å². The Balaban J connectivity index is 4.40. The highest BCUT2D eigenvalue weighted by Gasteiger charge is 2.18. The van der Waals surface area contributed by atoms with E-state index in [9.17, 15) is 4.39 Å². The molecule has 0 aromatic rings. The van der Waals surface area contributed by atoms with Crippen molar-refractivity contribution in [2.45, 2.75) is 66.5 Å². The van der Waals surface area contributed by atoms with Crippen LogP contribution in [0.25, 0.3) is 0 Å². The van der Waals surface area contributed by atoms with Gasteiger partial charge in [0.15, 0.2) is 0 Å². The Hall–Kier alpha value is -1.11. The van der Waals surface area contributed by atoms with Crippen molar-refractivity contribution in [2.75, 3.05) is 0 Å². The molecule has 0 aliphatic rings. The summed E-state index contributed by atoms with van der Waals surface area (Å²) in [4.78, 5) is 0. The minimum absolute atomic E-state index is 0.582. The second-order valence-electron chi connectivity index (χ2n) is 5.83. The number of rotatable bonds is 8. The van der Waals surface area contributed by atoms with Crippen LogP contribution in [0.5, 0.6) is 0 Å². The lowest BCUT2D eigenvalue weighted by Gasteiger charge is -2.15. The maximum Gasteiger partial charge on any atom is 0.130 e. The van der Waals surface area contributed by atoms with Crippen molar-refractivity contribution in [3.05, 3.63) is 47.6 Å². The molecule has 0 saturated carbocycles. The fourth-order valence-corrected chi connectivity index (χ4v) is 2.06. The van der Waals surface area contributed by atoms with Crippen molar-refractivity contribution in [3.63, 3.8) is 0 Å². The van der Waals surface area contributed by atoms with Gasteiger partial charge in [-0.3, -0.25) is 0 Å². The summed E-state index contributed by atoms with van der Waals surface area (Å²) in [7, 11) is 0. The molecular weight excluding hydrogens is 247 g/mol. The third kappa shape index (κ3) is 8.14. The third-order valence-electron chi connectivity index (χ3n) is 3.40. The van der Waals surface area contributed by atoms with E-state index in [1.807, 2.05) is 26.0 Å². The predicted octanol–water partition coefficient (Wildman–Crippen LogP) is 6.57. The van der Waals surface area contributed by atoms with Gasteiger partial charge in [-0.15, -0.1) is 0 Å². The first kappa shape index (κ1) is 18.9. The molecule has 20 heavy (non-hydrogen) atoms. The molecule has 0 saturated heterocycles. The van der Waals surface area contributed by atoms with E-state index < -0.39 is 5.67 Å². The highest BCUT2D eigenvalue weighted by molar-refractivity contribution is 5.26. The number of hydrogen-bond donors (Lipinski definition) is 0. The van der Waals surface area contributed by atoms with Crippen LogP contribution < -0.4 is 0 Å². The van der Waals surface area contributed by atoms with Crippen molar-refractivity contribution in [1.29, 1.82) is 0 Å². The Labute approximate surface area is 125 Å². The highest BCUT2D eigenvalue weighted by atomic mass is 19.1. The first-order valence-electron chi connectivity index (χ1n) is 7.69. The number of hydrogen-bond acceptors (Lipinski definition) is 0. The maximum atomic E-state index is 13.8. The normalized spacial score (nSPS) is 16.4. The minimum Gasteiger partial charge on any atom is -0.239 e. The molecule has 0 fully saturated rings. The quantitative estimate of drug-likeness (QED) is 0.441. The summed E-state index contributed by atoms with van der Waals surface area (Å²) in [6.07, 6.45) is 15.6. The first-order valence-corrected chi connectivity index (χ1v) is 7.69. The second kappa shape index (κ2) is 9.74. The van der Waals surface area contributed by atoms with E-state index in [-0.39, 0.29) is 0 Å². The molecule has 0 aromatic carbocycles. The largest absolute Gasteiger partial charge is 0.239 e. The summed E-state index contributed by atoms with van der Waals surface area (Å²) in [5.41, 5.74) is 0.890. The maximum absolute atomic E-state index is 13.8. The van der Waals surface area contributed by atoms with Crippen LogP contribution >= 0.6 is 0 Å². The Morgan fingerprint density at radius 1 is 1.15 bits per heavy atom. The van der Waals surface area contributed by atoms with Gasteiger partial charge in [0.25, 0.3) is 0 Å². The van der Waals surface area contributed by atoms with Crippen molar-refractivity contribution in [1.82, 2.24) is 0 Å². The molecule has 0 rings (SSSR count). The van der Waals surface area contributed by atoms with Crippen LogP contribution in [-0.2, 0) is 0 Å². The van der Waals surface area contributed by atoms with E-state index in [2.05, 4.69) is 38.2 Å². The zero-order valence-corrected chi connectivity index (χ0v) is 14.0. The van der Waals surface area contributed by atoms with E-state index in [0.29, 0.717) is 5.92 Å². The lowest BCUT2D eigenvalue weighted by molar-refractivity contribution is 0.273. The molecule has 0 bridgehead atoms. The van der Waals surface area contributed by atoms with Crippen molar-refractivity contribution in [3.8, 4) is 0 Å². The fourth-order valence-electron chi connectivity index (χ4n) is 2.06. The van der Waals surface area contributed by atoms with Gasteiger partial charge in [-0.1, -0.05) is 55.9 Å². The van der Waals surface area contributed by atoms with Crippen LogP contribution in [0.15, 0.2) is 47.6 Å². The molecule has 1 unspecified atom stereocenters. The fraction of sp³-hybridized carbons (Fsp3) is 0.579. The van der Waals surface area contributed by atoms with E-state index in [4.69, 9.17) is 0 Å². The third-order valence-corrected chi connectivity index (χ3v) is 3.40. The molecule has 114 valence electrons. The van der Waals surface area contributed by atoms with Gasteiger partial charge in [-0.2, -0.15) is 0 Å². The average molecular weight is 278 g/mol. The molecule has 0 aliphatic carbocycles. The van der Waals surface area contributed by atoms with Gasteiger partial charge in [0.2, 0.25) is 0 Å². The number of halogens is 1. The van der Waals surface area contributed by atoms with Crippen LogP contribution in [-0.4, -0.2) is 5.67 Å². The van der Waals surface area contributed by atoms with Crippen molar-refractivity contribution >= 4 is 0 Å². The first-order chi connectivity index (χ1) is 9.35. The standard InChI is InChI=1S/C19H31F/c1-7-11-17(8-2)15-14-16(4)12-10-13-18(9-3)19(5,6)20/h7,9-11,13,15-16H,8,12,14H2,1-6H3/b11-7-,13-10?,17-15-,18-9+. The molecule has 0 aliphatic heterocycles. The zero-order valence-electron chi connectivity index (χ0n) is 14.0. The molecule has 0 aromatic heterocycles. The monoisotopic (exact) mass is 278 g/mol. The Morgan fingerprint density at radius 3 is 2.25 bits per heavy atom. The van der Waals surface area contributed by atoms with Crippen molar-refractivity contribution in [2.24, 2.45) is 5.92 Å². The summed E-state index contributed by atoms with van der Waals surface area (Å²) in [5.74, 6) is 0.582. The molecule has 0 nitrogen and oxygen atoms in total. The van der Waals surface area contributed by atoms with Gasteiger partial charge >= 0.3 is 0 Å². The molecule has 0 radical (unpaired) electrons. The van der Waals surface area contributed by atoms with E-state index in [0.717, 1.165) is 24.8 Å². The Kier molecular flexibility index (Phi) is 9.20. The van der Waals surface area contributed by atoms with Crippen LogP contribution in [0, 0.1) is 5.92 Å². The zero-order chi connectivity index (χ0) is 15.6. The highest BCUT2D eigenvalue weighted by Crippen LogP contribution is 2.22. The Bertz CT molecular complexity index is 375. The van der Waals surface area contributed by atoms with E-state index >= 15 is 0 Å². The van der Waals surface area contributed by atoms with Gasteiger partial charge in [-0.25, -0.2) is 4.39 Å². The molecule has 0 N–H and O–H groups in total. The summed E-state index contributed by atoms with van der Waals surface area (Å²) < 4.78 is 13.8. The van der Waals surface area contributed by atoms with Crippen molar-refractivity contribution < 1.29 is 4.39 Å². The van der Waals surface area contributed by atoms with Crippen LogP contribution in [0.2, 0.25) is 0 Å². The Morgan fingerprint density at radius 2 is 1.80 bits per heavy atom. The SMILES string of the molecule is C/C=C\C(=C/CC(C)CC=C/C(=C\C)C(C)(C)F)CC. The molecular formula is C19H31F. The molecule has 1 heteroatoms. The summed E-state index contributed by atoms with van der Waals surface area (Å²) in [6, 6.07) is 0. The number of alkyl halides is 1. The lowest BCUT2D eigenvalue weighted by Crippen LogP contribution is -2.13. The molecule has 0 amide bonds. The van der Waals surface area contributed by atoms with Crippen LogP contribution in [0.4, 0.5) is 4.39 Å². The smallest absolute Gasteiger partial charge is 0.130 e. The van der Waals surface area contributed by atoms with Gasteiger partial charge in [0.05, 0.1) is 0 Å². The van der Waals surface area contributed by atoms with E-state index in [1.165, 1.54) is 5.57 Å². The summed E-state index contributed by atoms with van der Waals surface area (Å²) in [5, 5.41) is 0. The minimum atomic E-state index is -1.25. The summed E-state index contributed by atoms with van der Waals surface area (Å²) >= 11 is 0. The van der Waals surface area contributed by atoms with Crippen LogP contribution in [0.1, 0.15) is 60.8 Å². The summed E-state index contributed by atoms with van der Waals surface area (Å²) in [6.45, 7) is 11.6. The molecule has 1 atom stereocenters. The predicted molar refractivity (Wildman–Crippen MR) is 89.7 cm³/mol. The van der Waals surface area contributed by atoms with Gasteiger partial charge in [-0.05, 0) is 58.4 Å². The molecule has 0 heterocycles. The van der Waals surface area contributed by atoms with Gasteiger partial charge in [0, 0.05) is 0 Å².